The molecule has 15 heavy (non-hydrogen) atoms. The molecule has 0 saturated carbocycles. The fourth-order valence-corrected chi connectivity index (χ4v) is 1.37. The summed E-state index contributed by atoms with van der Waals surface area (Å²) in [7, 11) is 0. The van der Waals surface area contributed by atoms with E-state index in [2.05, 4.69) is 19.2 Å². The zero-order chi connectivity index (χ0) is 11.3. The first-order valence-electron chi connectivity index (χ1n) is 5.55. The van der Waals surface area contributed by atoms with Crippen LogP contribution in [0.15, 0.2) is 18.2 Å². The topological polar surface area (TPSA) is 12.0 Å². The first-order chi connectivity index (χ1) is 7.09. The van der Waals surface area contributed by atoms with Crippen LogP contribution in [-0.2, 0) is 6.54 Å². The van der Waals surface area contributed by atoms with Crippen molar-refractivity contribution in [3.63, 3.8) is 0 Å². The van der Waals surface area contributed by atoms with E-state index in [0.29, 0.717) is 11.5 Å². The Morgan fingerprint density at radius 2 is 2.07 bits per heavy atom. The van der Waals surface area contributed by atoms with Gasteiger partial charge in [-0.2, -0.15) is 0 Å². The summed E-state index contributed by atoms with van der Waals surface area (Å²) in [5.41, 5.74) is 1.72. The van der Waals surface area contributed by atoms with Crippen LogP contribution in [0.2, 0.25) is 0 Å². The Labute approximate surface area is 91.7 Å². The van der Waals surface area contributed by atoms with E-state index in [1.165, 1.54) is 0 Å². The van der Waals surface area contributed by atoms with Gasteiger partial charge in [0.2, 0.25) is 0 Å². The molecule has 0 aliphatic heterocycles. The lowest BCUT2D eigenvalue weighted by atomic mass is 10.1. The minimum Gasteiger partial charge on any atom is -0.313 e. The van der Waals surface area contributed by atoms with Gasteiger partial charge in [-0.1, -0.05) is 26.0 Å². The second-order valence-electron chi connectivity index (χ2n) is 4.44. The number of benzene rings is 1. The van der Waals surface area contributed by atoms with Gasteiger partial charge in [-0.25, -0.2) is 4.39 Å². The highest BCUT2D eigenvalue weighted by molar-refractivity contribution is 5.23. The summed E-state index contributed by atoms with van der Waals surface area (Å²) < 4.78 is 13.2. The van der Waals surface area contributed by atoms with Crippen LogP contribution < -0.4 is 5.32 Å². The van der Waals surface area contributed by atoms with E-state index in [1.807, 2.05) is 12.1 Å². The van der Waals surface area contributed by atoms with E-state index in [9.17, 15) is 4.39 Å². The van der Waals surface area contributed by atoms with Gasteiger partial charge in [0, 0.05) is 6.54 Å². The van der Waals surface area contributed by atoms with Crippen molar-refractivity contribution in [2.45, 2.75) is 33.7 Å². The number of hydrogen-bond donors (Lipinski definition) is 1. The minimum atomic E-state index is -0.113. The van der Waals surface area contributed by atoms with Crippen molar-refractivity contribution in [2.24, 2.45) is 5.92 Å². The third kappa shape index (κ3) is 4.43. The summed E-state index contributed by atoms with van der Waals surface area (Å²) in [6.45, 7) is 7.93. The average molecular weight is 209 g/mol. The lowest BCUT2D eigenvalue weighted by Crippen LogP contribution is -2.16. The Bertz CT molecular complexity index is 307. The van der Waals surface area contributed by atoms with Gasteiger partial charge in [0.25, 0.3) is 0 Å². The molecular weight excluding hydrogens is 189 g/mol. The van der Waals surface area contributed by atoms with Crippen LogP contribution in [0.1, 0.15) is 31.4 Å². The van der Waals surface area contributed by atoms with Crippen LogP contribution >= 0.6 is 0 Å². The molecule has 0 aromatic heterocycles. The van der Waals surface area contributed by atoms with Crippen LogP contribution in [-0.4, -0.2) is 6.54 Å². The van der Waals surface area contributed by atoms with E-state index in [-0.39, 0.29) is 5.82 Å². The highest BCUT2D eigenvalue weighted by Crippen LogP contribution is 2.08. The van der Waals surface area contributed by atoms with Gasteiger partial charge in [-0.05, 0) is 43.0 Å². The zero-order valence-corrected chi connectivity index (χ0v) is 9.81. The molecule has 0 saturated heterocycles. The van der Waals surface area contributed by atoms with Crippen LogP contribution in [0, 0.1) is 18.7 Å². The molecule has 0 fully saturated rings. The highest BCUT2D eigenvalue weighted by atomic mass is 19.1. The molecule has 1 aromatic rings. The Hall–Kier alpha value is -0.890. The average Bonchev–Trinajstić information content (AvgIpc) is 2.18. The Morgan fingerprint density at radius 1 is 1.33 bits per heavy atom. The fourth-order valence-electron chi connectivity index (χ4n) is 1.37. The summed E-state index contributed by atoms with van der Waals surface area (Å²) in [5.74, 6) is 0.602. The van der Waals surface area contributed by atoms with Crippen molar-refractivity contribution >= 4 is 0 Å². The van der Waals surface area contributed by atoms with Gasteiger partial charge in [0.15, 0.2) is 0 Å². The number of halogens is 1. The molecule has 1 N–H and O–H groups in total. The Balaban J connectivity index is 2.35. The SMILES string of the molecule is Cc1ccc(CNCCC(C)C)cc1F. The number of rotatable bonds is 5. The lowest BCUT2D eigenvalue weighted by Gasteiger charge is -2.07. The molecule has 0 spiro atoms. The van der Waals surface area contributed by atoms with E-state index >= 15 is 0 Å². The predicted molar refractivity (Wildman–Crippen MR) is 62.3 cm³/mol. The molecule has 0 radical (unpaired) electrons. The highest BCUT2D eigenvalue weighted by Gasteiger charge is 1.99. The second kappa shape index (κ2) is 5.86. The molecule has 0 aliphatic rings. The zero-order valence-electron chi connectivity index (χ0n) is 9.81. The summed E-state index contributed by atoms with van der Waals surface area (Å²) in [6.07, 6.45) is 1.16. The minimum absolute atomic E-state index is 0.113. The summed E-state index contributed by atoms with van der Waals surface area (Å²) >= 11 is 0. The molecule has 84 valence electrons. The third-order valence-electron chi connectivity index (χ3n) is 2.46. The predicted octanol–water partition coefficient (Wildman–Crippen LogP) is 3.27. The van der Waals surface area contributed by atoms with E-state index in [0.717, 1.165) is 25.1 Å². The monoisotopic (exact) mass is 209 g/mol. The van der Waals surface area contributed by atoms with Gasteiger partial charge in [0.05, 0.1) is 0 Å². The maximum absolute atomic E-state index is 13.2. The Kier molecular flexibility index (Phi) is 4.76. The summed E-state index contributed by atoms with van der Waals surface area (Å²) in [5, 5.41) is 3.31. The summed E-state index contributed by atoms with van der Waals surface area (Å²) in [6, 6.07) is 5.41. The van der Waals surface area contributed by atoms with Crippen LogP contribution in [0.3, 0.4) is 0 Å². The lowest BCUT2D eigenvalue weighted by molar-refractivity contribution is 0.536. The molecule has 0 bridgehead atoms. The molecule has 1 rings (SSSR count). The Morgan fingerprint density at radius 3 is 2.67 bits per heavy atom. The second-order valence-corrected chi connectivity index (χ2v) is 4.44. The van der Waals surface area contributed by atoms with E-state index < -0.39 is 0 Å². The molecule has 1 aromatic carbocycles. The van der Waals surface area contributed by atoms with Gasteiger partial charge in [0.1, 0.15) is 5.82 Å². The molecular formula is C13H20FN. The molecule has 2 heteroatoms. The standard InChI is InChI=1S/C13H20FN/c1-10(2)6-7-15-9-12-5-4-11(3)13(14)8-12/h4-5,8,10,15H,6-7,9H2,1-3H3. The maximum Gasteiger partial charge on any atom is 0.126 e. The molecule has 0 aliphatic carbocycles. The molecule has 0 heterocycles. The molecule has 0 atom stereocenters. The van der Waals surface area contributed by atoms with Crippen LogP contribution in [0.5, 0.6) is 0 Å². The van der Waals surface area contributed by atoms with Gasteiger partial charge >= 0.3 is 0 Å². The number of aryl methyl sites for hydroxylation is 1. The van der Waals surface area contributed by atoms with E-state index in [4.69, 9.17) is 0 Å². The quantitative estimate of drug-likeness (QED) is 0.734. The molecule has 1 nitrogen and oxygen atoms in total. The largest absolute Gasteiger partial charge is 0.313 e. The van der Waals surface area contributed by atoms with Crippen molar-refractivity contribution in [3.05, 3.63) is 35.1 Å². The van der Waals surface area contributed by atoms with Crippen molar-refractivity contribution in [3.8, 4) is 0 Å². The van der Waals surface area contributed by atoms with Gasteiger partial charge < -0.3 is 5.32 Å². The van der Waals surface area contributed by atoms with Crippen molar-refractivity contribution in [2.75, 3.05) is 6.54 Å². The van der Waals surface area contributed by atoms with Crippen LogP contribution in [0.4, 0.5) is 4.39 Å². The fraction of sp³-hybridized carbons (Fsp3) is 0.538. The van der Waals surface area contributed by atoms with Crippen LogP contribution in [0.25, 0.3) is 0 Å². The number of hydrogen-bond acceptors (Lipinski definition) is 1. The molecule has 0 amide bonds. The van der Waals surface area contributed by atoms with Crippen molar-refractivity contribution < 1.29 is 4.39 Å². The van der Waals surface area contributed by atoms with E-state index in [1.54, 1.807) is 13.0 Å². The van der Waals surface area contributed by atoms with Crippen molar-refractivity contribution in [1.82, 2.24) is 5.32 Å². The smallest absolute Gasteiger partial charge is 0.126 e. The van der Waals surface area contributed by atoms with Crippen molar-refractivity contribution in [1.29, 1.82) is 0 Å². The third-order valence-corrected chi connectivity index (χ3v) is 2.46. The molecule has 0 unspecified atom stereocenters. The van der Waals surface area contributed by atoms with Gasteiger partial charge in [-0.15, -0.1) is 0 Å². The first kappa shape index (κ1) is 12.2. The van der Waals surface area contributed by atoms with Gasteiger partial charge in [-0.3, -0.25) is 0 Å². The maximum atomic E-state index is 13.2. The number of nitrogens with one attached hydrogen (secondary N) is 1. The summed E-state index contributed by atoms with van der Waals surface area (Å²) in [4.78, 5) is 0. The first-order valence-corrected chi connectivity index (χ1v) is 5.55. The normalized spacial score (nSPS) is 11.0.